The van der Waals surface area contributed by atoms with Gasteiger partial charge in [0.15, 0.2) is 5.78 Å². The van der Waals surface area contributed by atoms with Gasteiger partial charge in [-0.15, -0.1) is 0 Å². The molecule has 0 saturated carbocycles. The Balaban J connectivity index is 2.44. The Morgan fingerprint density at radius 1 is 1.12 bits per heavy atom. The number of benzene rings is 2. The highest BCUT2D eigenvalue weighted by Crippen LogP contribution is 2.21. The fourth-order valence-corrected chi connectivity index (χ4v) is 1.91. The highest BCUT2D eigenvalue weighted by molar-refractivity contribution is 6.35. The van der Waals surface area contributed by atoms with Crippen molar-refractivity contribution in [2.24, 2.45) is 0 Å². The lowest BCUT2D eigenvalue weighted by Gasteiger charge is -2.05. The summed E-state index contributed by atoms with van der Waals surface area (Å²) in [7, 11) is 0. The molecule has 0 bridgehead atoms. The summed E-state index contributed by atoms with van der Waals surface area (Å²) < 4.78 is 0. The summed E-state index contributed by atoms with van der Waals surface area (Å²) in [5, 5.41) is 0.510. The summed E-state index contributed by atoms with van der Waals surface area (Å²) >= 11 is 6.08. The Bertz CT molecular complexity index is 532. The summed E-state index contributed by atoms with van der Waals surface area (Å²) in [5.41, 5.74) is 2.37. The van der Waals surface area contributed by atoms with E-state index in [4.69, 9.17) is 11.6 Å². The van der Waals surface area contributed by atoms with Crippen LogP contribution in [0, 0.1) is 0 Å². The molecule has 0 fully saturated rings. The molecule has 0 aliphatic carbocycles. The lowest BCUT2D eigenvalue weighted by atomic mass is 10.0. The minimum absolute atomic E-state index is 0.0223. The van der Waals surface area contributed by atoms with Crippen molar-refractivity contribution in [3.8, 4) is 0 Å². The van der Waals surface area contributed by atoms with Crippen LogP contribution in [0.2, 0.25) is 5.02 Å². The van der Waals surface area contributed by atoms with Gasteiger partial charge in [0, 0.05) is 11.1 Å². The number of hydrogen-bond donors (Lipinski definition) is 0. The van der Waals surface area contributed by atoms with Crippen molar-refractivity contribution in [3.05, 3.63) is 70.2 Å². The molecule has 0 aliphatic heterocycles. The summed E-state index contributed by atoms with van der Waals surface area (Å²) in [6.07, 6.45) is 0.895. The second-order valence-corrected chi connectivity index (χ2v) is 4.27. The first-order valence-electron chi connectivity index (χ1n) is 5.60. The predicted molar refractivity (Wildman–Crippen MR) is 70.7 cm³/mol. The Labute approximate surface area is 106 Å². The van der Waals surface area contributed by atoms with Gasteiger partial charge in [0.05, 0.1) is 5.02 Å². The molecule has 0 aromatic heterocycles. The van der Waals surface area contributed by atoms with Gasteiger partial charge in [-0.25, -0.2) is 0 Å². The molecule has 2 rings (SSSR count). The zero-order valence-electron chi connectivity index (χ0n) is 9.61. The smallest absolute Gasteiger partial charge is 0.194 e. The van der Waals surface area contributed by atoms with Crippen LogP contribution in [0.3, 0.4) is 0 Å². The topological polar surface area (TPSA) is 17.1 Å². The summed E-state index contributed by atoms with van der Waals surface area (Å²) in [4.78, 5) is 12.3. The van der Waals surface area contributed by atoms with Crippen molar-refractivity contribution in [2.75, 3.05) is 0 Å². The summed E-state index contributed by atoms with van der Waals surface area (Å²) in [6.45, 7) is 2.06. The van der Waals surface area contributed by atoms with Crippen molar-refractivity contribution in [3.63, 3.8) is 0 Å². The number of halogens is 1. The van der Waals surface area contributed by atoms with E-state index in [2.05, 4.69) is 6.92 Å². The molecule has 0 N–H and O–H groups in total. The molecule has 0 atom stereocenters. The molecule has 2 aromatic carbocycles. The molecule has 0 radical (unpaired) electrons. The van der Waals surface area contributed by atoms with E-state index in [0.717, 1.165) is 12.0 Å². The van der Waals surface area contributed by atoms with Gasteiger partial charge < -0.3 is 0 Å². The molecule has 0 amide bonds. The van der Waals surface area contributed by atoms with Crippen LogP contribution in [0.25, 0.3) is 0 Å². The third-order valence-corrected chi connectivity index (χ3v) is 3.05. The van der Waals surface area contributed by atoms with Gasteiger partial charge in [-0.3, -0.25) is 4.79 Å². The average Bonchev–Trinajstić information content (AvgIpc) is 2.39. The molecule has 0 unspecified atom stereocenters. The number of aryl methyl sites for hydroxylation is 1. The second kappa shape index (κ2) is 5.15. The standard InChI is InChI=1S/C15H13ClO/c1-2-11-8-9-14(16)13(10-11)15(17)12-6-4-3-5-7-12/h3-10H,2H2,1H3. The average molecular weight is 245 g/mol. The number of ketones is 1. The molecular weight excluding hydrogens is 232 g/mol. The van der Waals surface area contributed by atoms with Crippen molar-refractivity contribution < 1.29 is 4.79 Å². The highest BCUT2D eigenvalue weighted by Gasteiger charge is 2.12. The first kappa shape index (κ1) is 11.9. The van der Waals surface area contributed by atoms with E-state index in [-0.39, 0.29) is 5.78 Å². The van der Waals surface area contributed by atoms with Crippen LogP contribution < -0.4 is 0 Å². The fourth-order valence-electron chi connectivity index (χ4n) is 1.71. The quantitative estimate of drug-likeness (QED) is 0.742. The Morgan fingerprint density at radius 2 is 1.82 bits per heavy atom. The molecule has 2 aromatic rings. The Kier molecular flexibility index (Phi) is 3.60. The van der Waals surface area contributed by atoms with E-state index in [1.165, 1.54) is 0 Å². The van der Waals surface area contributed by atoms with E-state index in [1.54, 1.807) is 18.2 Å². The minimum Gasteiger partial charge on any atom is -0.289 e. The van der Waals surface area contributed by atoms with Crippen LogP contribution in [-0.4, -0.2) is 5.78 Å². The van der Waals surface area contributed by atoms with E-state index in [0.29, 0.717) is 16.1 Å². The molecule has 0 aliphatic rings. The first-order chi connectivity index (χ1) is 8.22. The van der Waals surface area contributed by atoms with Gasteiger partial charge in [-0.05, 0) is 24.1 Å². The SMILES string of the molecule is CCc1ccc(Cl)c(C(=O)c2ccccc2)c1. The van der Waals surface area contributed by atoms with Crippen molar-refractivity contribution in [1.29, 1.82) is 0 Å². The van der Waals surface area contributed by atoms with Gasteiger partial charge in [-0.2, -0.15) is 0 Å². The number of carbonyl (C=O) groups is 1. The van der Waals surface area contributed by atoms with E-state index >= 15 is 0 Å². The van der Waals surface area contributed by atoms with E-state index < -0.39 is 0 Å². The van der Waals surface area contributed by atoms with Crippen molar-refractivity contribution in [2.45, 2.75) is 13.3 Å². The Morgan fingerprint density at radius 3 is 2.47 bits per heavy atom. The molecule has 86 valence electrons. The maximum atomic E-state index is 12.3. The van der Waals surface area contributed by atoms with E-state index in [1.807, 2.05) is 30.3 Å². The monoisotopic (exact) mass is 244 g/mol. The van der Waals surface area contributed by atoms with Crippen molar-refractivity contribution >= 4 is 17.4 Å². The molecule has 1 nitrogen and oxygen atoms in total. The van der Waals surface area contributed by atoms with Crippen LogP contribution >= 0.6 is 11.6 Å². The third kappa shape index (κ3) is 2.56. The van der Waals surface area contributed by atoms with Crippen LogP contribution in [-0.2, 0) is 6.42 Å². The number of carbonyl (C=O) groups excluding carboxylic acids is 1. The summed E-state index contributed by atoms with van der Waals surface area (Å²) in [5.74, 6) is -0.0223. The second-order valence-electron chi connectivity index (χ2n) is 3.86. The van der Waals surface area contributed by atoms with Gasteiger partial charge in [-0.1, -0.05) is 54.9 Å². The zero-order chi connectivity index (χ0) is 12.3. The van der Waals surface area contributed by atoms with E-state index in [9.17, 15) is 4.79 Å². The van der Waals surface area contributed by atoms with Gasteiger partial charge in [0.2, 0.25) is 0 Å². The molecule has 0 spiro atoms. The number of hydrogen-bond acceptors (Lipinski definition) is 1. The molecular formula is C15H13ClO. The maximum absolute atomic E-state index is 12.3. The van der Waals surface area contributed by atoms with Gasteiger partial charge in [0.1, 0.15) is 0 Å². The predicted octanol–water partition coefficient (Wildman–Crippen LogP) is 4.13. The molecule has 0 saturated heterocycles. The number of rotatable bonds is 3. The fraction of sp³-hybridized carbons (Fsp3) is 0.133. The van der Waals surface area contributed by atoms with Crippen LogP contribution in [0.4, 0.5) is 0 Å². The van der Waals surface area contributed by atoms with Gasteiger partial charge in [0.25, 0.3) is 0 Å². The largest absolute Gasteiger partial charge is 0.289 e. The van der Waals surface area contributed by atoms with Crippen LogP contribution in [0.1, 0.15) is 28.4 Å². The highest BCUT2D eigenvalue weighted by atomic mass is 35.5. The Hall–Kier alpha value is -1.60. The maximum Gasteiger partial charge on any atom is 0.194 e. The third-order valence-electron chi connectivity index (χ3n) is 2.72. The summed E-state index contributed by atoms with van der Waals surface area (Å²) in [6, 6.07) is 14.8. The first-order valence-corrected chi connectivity index (χ1v) is 5.98. The zero-order valence-corrected chi connectivity index (χ0v) is 10.4. The van der Waals surface area contributed by atoms with Gasteiger partial charge >= 0.3 is 0 Å². The van der Waals surface area contributed by atoms with Crippen LogP contribution in [0.15, 0.2) is 48.5 Å². The normalized spacial score (nSPS) is 10.2. The molecule has 0 heterocycles. The lowest BCUT2D eigenvalue weighted by Crippen LogP contribution is -2.02. The molecule has 2 heteroatoms. The minimum atomic E-state index is -0.0223. The lowest BCUT2D eigenvalue weighted by molar-refractivity contribution is 0.103. The van der Waals surface area contributed by atoms with Crippen LogP contribution in [0.5, 0.6) is 0 Å². The van der Waals surface area contributed by atoms with Crippen molar-refractivity contribution in [1.82, 2.24) is 0 Å². The molecule has 17 heavy (non-hydrogen) atoms.